The zero-order valence-electron chi connectivity index (χ0n) is 18.9. The number of carbonyl (C=O) groups is 1. The molecule has 0 amide bonds. The van der Waals surface area contributed by atoms with Crippen LogP contribution in [0.5, 0.6) is 5.75 Å². The van der Waals surface area contributed by atoms with Crippen LogP contribution in [0.3, 0.4) is 0 Å². The Bertz CT molecular complexity index is 1210. The van der Waals surface area contributed by atoms with E-state index in [-0.39, 0.29) is 17.4 Å². The van der Waals surface area contributed by atoms with Crippen molar-refractivity contribution in [3.8, 4) is 16.9 Å². The Morgan fingerprint density at radius 3 is 2.46 bits per heavy atom. The zero-order chi connectivity index (χ0) is 24.6. The molecule has 2 aliphatic carbocycles. The predicted octanol–water partition coefficient (Wildman–Crippen LogP) is 6.36. The summed E-state index contributed by atoms with van der Waals surface area (Å²) in [6, 6.07) is 14.5. The maximum atomic E-state index is 13.7. The maximum Gasteiger partial charge on any atom is 0.417 e. The smallest absolute Gasteiger partial charge is 0.417 e. The first kappa shape index (κ1) is 23.2. The Labute approximate surface area is 201 Å². The first-order valence-electron chi connectivity index (χ1n) is 11.6. The molecular formula is C27H25F3N2O3. The lowest BCUT2D eigenvalue weighted by Crippen LogP contribution is -2.09. The number of hydrogen-bond acceptors (Lipinski definition) is 4. The van der Waals surface area contributed by atoms with Gasteiger partial charge in [-0.05, 0) is 78.3 Å². The highest BCUT2D eigenvalue weighted by atomic mass is 19.4. The quantitative estimate of drug-likeness (QED) is 0.372. The summed E-state index contributed by atoms with van der Waals surface area (Å²) in [6.07, 6.45) is 0.0767. The van der Waals surface area contributed by atoms with Crippen LogP contribution in [-0.2, 0) is 17.5 Å². The average Bonchev–Trinajstić information content (AvgIpc) is 3.75. The van der Waals surface area contributed by atoms with E-state index >= 15 is 0 Å². The van der Waals surface area contributed by atoms with Crippen molar-refractivity contribution in [2.45, 2.75) is 37.9 Å². The number of nitrogens with one attached hydrogen (secondary N) is 1. The number of benzene rings is 2. The van der Waals surface area contributed by atoms with E-state index in [0.29, 0.717) is 48.1 Å². The van der Waals surface area contributed by atoms with Crippen molar-refractivity contribution in [3.63, 3.8) is 0 Å². The molecule has 1 heterocycles. The van der Waals surface area contributed by atoms with Crippen LogP contribution >= 0.6 is 0 Å². The summed E-state index contributed by atoms with van der Waals surface area (Å²) in [4.78, 5) is 15.4. The second-order valence-electron chi connectivity index (χ2n) is 9.27. The number of carboxylic acid groups (broad SMARTS) is 1. The number of pyridine rings is 1. The summed E-state index contributed by atoms with van der Waals surface area (Å²) in [6.45, 7) is 0.959. The number of anilines is 1. The standard InChI is InChI=1S/C27H25F3N2O3/c28-27(29,30)24-9-3-17(11-21(24)18-4-7-20(8-5-18)35-15-16-1-2-16)13-31-19-6-10-25(32-14-19)22-12-23(22)26(33)34/h3-11,14,16,22-23,31H,1-2,12-13,15H2,(H,33,34)/t22-,23-/m1/s1. The van der Waals surface area contributed by atoms with Gasteiger partial charge >= 0.3 is 12.1 Å². The summed E-state index contributed by atoms with van der Waals surface area (Å²) in [5.74, 6) is 0.0223. The monoisotopic (exact) mass is 482 g/mol. The van der Waals surface area contributed by atoms with Crippen molar-refractivity contribution in [1.82, 2.24) is 4.98 Å². The van der Waals surface area contributed by atoms with Gasteiger partial charge in [-0.1, -0.05) is 18.2 Å². The van der Waals surface area contributed by atoms with E-state index in [1.54, 1.807) is 42.6 Å². The van der Waals surface area contributed by atoms with E-state index in [1.807, 2.05) is 6.07 Å². The molecule has 0 saturated heterocycles. The number of rotatable bonds is 9. The third kappa shape index (κ3) is 5.58. The fourth-order valence-corrected chi connectivity index (χ4v) is 4.14. The van der Waals surface area contributed by atoms with Crippen molar-refractivity contribution in [1.29, 1.82) is 0 Å². The average molecular weight is 483 g/mol. The fourth-order valence-electron chi connectivity index (χ4n) is 4.14. The van der Waals surface area contributed by atoms with E-state index in [0.717, 1.165) is 11.8 Å². The molecule has 0 spiro atoms. The Morgan fingerprint density at radius 2 is 1.86 bits per heavy atom. The maximum absolute atomic E-state index is 13.7. The van der Waals surface area contributed by atoms with Gasteiger partial charge in [0.05, 0.1) is 30.0 Å². The lowest BCUT2D eigenvalue weighted by Gasteiger charge is -2.16. The summed E-state index contributed by atoms with van der Waals surface area (Å²) in [7, 11) is 0. The van der Waals surface area contributed by atoms with Gasteiger partial charge in [-0.25, -0.2) is 0 Å². The molecule has 0 unspecified atom stereocenters. The zero-order valence-corrected chi connectivity index (χ0v) is 18.9. The van der Waals surface area contributed by atoms with Crippen molar-refractivity contribution < 1.29 is 27.8 Å². The number of hydrogen-bond donors (Lipinski definition) is 2. The molecule has 1 aromatic heterocycles. The molecule has 2 aromatic carbocycles. The number of aliphatic carboxylic acids is 1. The third-order valence-electron chi connectivity index (χ3n) is 6.51. The summed E-state index contributed by atoms with van der Waals surface area (Å²) in [5, 5.41) is 12.2. The van der Waals surface area contributed by atoms with Crippen molar-refractivity contribution >= 4 is 11.7 Å². The van der Waals surface area contributed by atoms with Gasteiger partial charge in [0.1, 0.15) is 5.75 Å². The van der Waals surface area contributed by atoms with Gasteiger partial charge in [-0.15, -0.1) is 0 Å². The third-order valence-corrected chi connectivity index (χ3v) is 6.51. The molecule has 5 rings (SSSR count). The Kier molecular flexibility index (Phi) is 6.13. The van der Waals surface area contributed by atoms with Crippen molar-refractivity contribution in [2.24, 2.45) is 11.8 Å². The molecule has 2 N–H and O–H groups in total. The molecule has 2 fully saturated rings. The molecule has 0 radical (unpaired) electrons. The van der Waals surface area contributed by atoms with Gasteiger partial charge in [0, 0.05) is 18.2 Å². The van der Waals surface area contributed by atoms with Crippen LogP contribution in [0.1, 0.15) is 42.0 Å². The number of ether oxygens (including phenoxy) is 1. The van der Waals surface area contributed by atoms with E-state index in [1.165, 1.54) is 18.9 Å². The molecule has 0 aliphatic heterocycles. The predicted molar refractivity (Wildman–Crippen MR) is 125 cm³/mol. The second-order valence-corrected chi connectivity index (χ2v) is 9.27. The molecule has 2 atom stereocenters. The number of nitrogens with zero attached hydrogens (tertiary/aromatic N) is 1. The Balaban J connectivity index is 1.29. The highest BCUT2D eigenvalue weighted by Crippen LogP contribution is 2.46. The molecule has 8 heteroatoms. The molecule has 35 heavy (non-hydrogen) atoms. The normalized spacial score (nSPS) is 19.3. The fraction of sp³-hybridized carbons (Fsp3) is 0.333. The lowest BCUT2D eigenvalue weighted by atomic mass is 9.96. The minimum absolute atomic E-state index is 0.0514. The van der Waals surface area contributed by atoms with Crippen LogP contribution < -0.4 is 10.1 Å². The van der Waals surface area contributed by atoms with Crippen molar-refractivity contribution in [3.05, 3.63) is 77.6 Å². The SMILES string of the molecule is O=C(O)[C@@H]1C[C@H]1c1ccc(NCc2ccc(C(F)(F)F)c(-c3ccc(OCC4CC4)cc3)c2)cn1. The van der Waals surface area contributed by atoms with Crippen LogP contribution in [0.15, 0.2) is 60.8 Å². The minimum Gasteiger partial charge on any atom is -0.493 e. The summed E-state index contributed by atoms with van der Waals surface area (Å²) in [5.41, 5.74) is 2.05. The lowest BCUT2D eigenvalue weighted by molar-refractivity contribution is -0.139. The van der Waals surface area contributed by atoms with E-state index in [9.17, 15) is 18.0 Å². The van der Waals surface area contributed by atoms with Gasteiger partial charge in [-0.2, -0.15) is 13.2 Å². The molecule has 2 saturated carbocycles. The highest BCUT2D eigenvalue weighted by Gasteiger charge is 2.45. The first-order valence-corrected chi connectivity index (χ1v) is 11.6. The highest BCUT2D eigenvalue weighted by molar-refractivity contribution is 5.75. The Hall–Kier alpha value is -3.55. The van der Waals surface area contributed by atoms with Gasteiger partial charge in [0.25, 0.3) is 0 Å². The van der Waals surface area contributed by atoms with Crippen molar-refractivity contribution in [2.75, 3.05) is 11.9 Å². The van der Waals surface area contributed by atoms with Crippen LogP contribution in [0, 0.1) is 11.8 Å². The van der Waals surface area contributed by atoms with Crippen LogP contribution in [-0.4, -0.2) is 22.7 Å². The number of carboxylic acids is 1. The molecular weight excluding hydrogens is 457 g/mol. The van der Waals surface area contributed by atoms with Gasteiger partial charge in [0.15, 0.2) is 0 Å². The molecule has 3 aromatic rings. The first-order chi connectivity index (χ1) is 16.8. The van der Waals surface area contributed by atoms with E-state index in [2.05, 4.69) is 10.3 Å². The second kappa shape index (κ2) is 9.24. The van der Waals surface area contributed by atoms with E-state index < -0.39 is 17.7 Å². The summed E-state index contributed by atoms with van der Waals surface area (Å²) < 4.78 is 46.8. The summed E-state index contributed by atoms with van der Waals surface area (Å²) >= 11 is 0. The number of aromatic nitrogens is 1. The van der Waals surface area contributed by atoms with Gasteiger partial charge in [0.2, 0.25) is 0 Å². The topological polar surface area (TPSA) is 71.5 Å². The molecule has 2 aliphatic rings. The van der Waals surface area contributed by atoms with Crippen LogP contribution in [0.2, 0.25) is 0 Å². The number of alkyl halides is 3. The number of halogens is 3. The van der Waals surface area contributed by atoms with Crippen LogP contribution in [0.4, 0.5) is 18.9 Å². The van der Waals surface area contributed by atoms with Gasteiger partial charge in [-0.3, -0.25) is 9.78 Å². The molecule has 182 valence electrons. The minimum atomic E-state index is -4.47. The van der Waals surface area contributed by atoms with Crippen LogP contribution in [0.25, 0.3) is 11.1 Å². The molecule has 5 nitrogen and oxygen atoms in total. The van der Waals surface area contributed by atoms with Gasteiger partial charge < -0.3 is 15.2 Å². The largest absolute Gasteiger partial charge is 0.493 e. The van der Waals surface area contributed by atoms with E-state index in [4.69, 9.17) is 9.84 Å². The Morgan fingerprint density at radius 1 is 1.09 bits per heavy atom. The molecule has 0 bridgehead atoms.